The normalized spacial score (nSPS) is 53.8. The Bertz CT molecular complexity index is 1070. The van der Waals surface area contributed by atoms with Gasteiger partial charge in [0.15, 0.2) is 0 Å². The molecular weight excluding hydrogens is 484 g/mol. The predicted molar refractivity (Wildman–Crippen MR) is 149 cm³/mol. The molecule has 0 aromatic carbocycles. The van der Waals surface area contributed by atoms with Crippen LogP contribution in [0.3, 0.4) is 0 Å². The van der Waals surface area contributed by atoms with Gasteiger partial charge in [-0.25, -0.2) is 0 Å². The summed E-state index contributed by atoms with van der Waals surface area (Å²) in [6.45, 7) is 13.1. The van der Waals surface area contributed by atoms with Gasteiger partial charge in [-0.05, 0) is 142 Å². The number of hydrogen-bond acceptors (Lipinski definition) is 4. The molecule has 0 aliphatic heterocycles. The molecule has 8 bridgehead atoms. The Morgan fingerprint density at radius 2 is 1.49 bits per heavy atom. The number of fused-ring (bicyclic) bond motifs is 9. The molecule has 9 unspecified atom stereocenters. The zero-order chi connectivity index (χ0) is 27.1. The van der Waals surface area contributed by atoms with Crippen molar-refractivity contribution in [2.24, 2.45) is 75.9 Å². The van der Waals surface area contributed by atoms with Crippen LogP contribution in [-0.2, 0) is 19.1 Å². The van der Waals surface area contributed by atoms with E-state index in [1.807, 2.05) is 0 Å². The van der Waals surface area contributed by atoms with Crippen LogP contribution in [0.4, 0.5) is 0 Å². The molecule has 9 fully saturated rings. The standard InChI is InChI=1S/C35H50O4/c1-6-35(23-8-19-7-20(10-23)11-24(35)9-19)39-31(36)26-13-21-12-25(26)30-27-14-22(29(21)30)15-28(27)38-32(37)34(16-18(34)2)17-33(3,4)5/h19-30H,2,6-17H2,1,3-5H3. The monoisotopic (exact) mass is 534 g/mol. The van der Waals surface area contributed by atoms with Crippen molar-refractivity contribution >= 4 is 11.9 Å². The second-order valence-electron chi connectivity index (χ2n) is 17.1. The topological polar surface area (TPSA) is 52.6 Å². The van der Waals surface area contributed by atoms with Crippen LogP contribution >= 0.6 is 0 Å². The van der Waals surface area contributed by atoms with Crippen molar-refractivity contribution in [2.75, 3.05) is 0 Å². The number of esters is 2. The molecule has 0 radical (unpaired) electrons. The average Bonchev–Trinajstić information content (AvgIpc) is 3.36. The fraction of sp³-hybridized carbons (Fsp3) is 0.886. The quantitative estimate of drug-likeness (QED) is 0.203. The molecule has 4 heteroatoms. The summed E-state index contributed by atoms with van der Waals surface area (Å²) in [6.07, 6.45) is 13.7. The van der Waals surface area contributed by atoms with E-state index in [2.05, 4.69) is 34.3 Å². The zero-order valence-electron chi connectivity index (χ0n) is 24.8. The minimum atomic E-state index is -0.451. The van der Waals surface area contributed by atoms with Crippen molar-refractivity contribution in [3.63, 3.8) is 0 Å². The maximum atomic E-state index is 14.0. The third-order valence-corrected chi connectivity index (χ3v) is 14.0. The summed E-state index contributed by atoms with van der Waals surface area (Å²) in [4.78, 5) is 27.6. The third-order valence-electron chi connectivity index (χ3n) is 14.0. The lowest BCUT2D eigenvalue weighted by Crippen LogP contribution is -2.60. The summed E-state index contributed by atoms with van der Waals surface area (Å²) in [5.74, 6) is 6.70. The molecule has 4 nitrogen and oxygen atoms in total. The van der Waals surface area contributed by atoms with Crippen molar-refractivity contribution in [2.45, 2.75) is 116 Å². The molecule has 9 rings (SSSR count). The highest BCUT2D eigenvalue weighted by Gasteiger charge is 2.68. The van der Waals surface area contributed by atoms with Gasteiger partial charge >= 0.3 is 11.9 Å². The molecule has 0 N–H and O–H groups in total. The van der Waals surface area contributed by atoms with Crippen LogP contribution in [-0.4, -0.2) is 23.6 Å². The van der Waals surface area contributed by atoms with E-state index in [1.54, 1.807) is 0 Å². The van der Waals surface area contributed by atoms with E-state index in [1.165, 1.54) is 44.9 Å². The summed E-state index contributed by atoms with van der Waals surface area (Å²) >= 11 is 0. The van der Waals surface area contributed by atoms with Gasteiger partial charge in [-0.3, -0.25) is 9.59 Å². The van der Waals surface area contributed by atoms with E-state index < -0.39 is 5.41 Å². The van der Waals surface area contributed by atoms with Gasteiger partial charge in [0.25, 0.3) is 0 Å². The van der Waals surface area contributed by atoms with Crippen LogP contribution in [0.15, 0.2) is 12.2 Å². The van der Waals surface area contributed by atoms with Crippen LogP contribution in [0.1, 0.15) is 105 Å². The fourth-order valence-corrected chi connectivity index (χ4v) is 13.0. The first-order valence-corrected chi connectivity index (χ1v) is 16.6. The molecule has 0 amide bonds. The molecule has 39 heavy (non-hydrogen) atoms. The van der Waals surface area contributed by atoms with Crippen LogP contribution in [0.25, 0.3) is 0 Å². The summed E-state index contributed by atoms with van der Waals surface area (Å²) < 4.78 is 13.2. The first-order chi connectivity index (χ1) is 18.5. The largest absolute Gasteiger partial charge is 0.461 e. The van der Waals surface area contributed by atoms with Gasteiger partial charge in [0.05, 0.1) is 11.3 Å². The van der Waals surface area contributed by atoms with Crippen LogP contribution in [0.5, 0.6) is 0 Å². The molecule has 0 aromatic heterocycles. The summed E-state index contributed by atoms with van der Waals surface area (Å²) in [7, 11) is 0. The van der Waals surface area contributed by atoms with E-state index in [0.29, 0.717) is 41.4 Å². The lowest BCUT2D eigenvalue weighted by molar-refractivity contribution is -0.216. The molecule has 0 saturated heterocycles. The van der Waals surface area contributed by atoms with Crippen molar-refractivity contribution in [1.29, 1.82) is 0 Å². The van der Waals surface area contributed by atoms with Gasteiger partial charge in [-0.2, -0.15) is 0 Å². The Morgan fingerprint density at radius 1 is 0.872 bits per heavy atom. The molecule has 9 atom stereocenters. The minimum Gasteiger partial charge on any atom is -0.461 e. The Morgan fingerprint density at radius 3 is 2.08 bits per heavy atom. The number of ether oxygens (including phenoxy) is 2. The summed E-state index contributed by atoms with van der Waals surface area (Å²) in [6, 6.07) is 0. The van der Waals surface area contributed by atoms with Crippen molar-refractivity contribution < 1.29 is 19.1 Å². The Labute approximate surface area is 235 Å². The maximum absolute atomic E-state index is 14.0. The SMILES string of the molecule is C=C1CC1(CC(C)(C)C)C(=O)OC1CC2CC1C1C3CC(CC3C(=O)OC3(CC)C4CC5CC(C4)CC3C5)C21. The zero-order valence-corrected chi connectivity index (χ0v) is 24.8. The predicted octanol–water partition coefficient (Wildman–Crippen LogP) is 7.36. The van der Waals surface area contributed by atoms with Gasteiger partial charge in [-0.1, -0.05) is 39.8 Å². The highest BCUT2D eigenvalue weighted by Crippen LogP contribution is 2.70. The van der Waals surface area contributed by atoms with E-state index in [4.69, 9.17) is 9.47 Å². The van der Waals surface area contributed by atoms with Crippen molar-refractivity contribution in [3.05, 3.63) is 12.2 Å². The second-order valence-corrected chi connectivity index (χ2v) is 17.1. The fourth-order valence-electron chi connectivity index (χ4n) is 13.0. The maximum Gasteiger partial charge on any atom is 0.316 e. The molecule has 9 saturated carbocycles. The van der Waals surface area contributed by atoms with Gasteiger partial charge in [-0.15, -0.1) is 0 Å². The van der Waals surface area contributed by atoms with E-state index >= 15 is 0 Å². The second kappa shape index (κ2) is 8.15. The number of carbonyl (C=O) groups is 2. The third kappa shape index (κ3) is 3.54. The molecule has 9 aliphatic carbocycles. The Kier molecular flexibility index (Phi) is 5.31. The highest BCUT2D eigenvalue weighted by molar-refractivity contribution is 5.86. The highest BCUT2D eigenvalue weighted by atomic mass is 16.6. The minimum absolute atomic E-state index is 0.0117. The van der Waals surface area contributed by atoms with Gasteiger partial charge in [0.2, 0.25) is 0 Å². The Balaban J connectivity index is 0.972. The smallest absolute Gasteiger partial charge is 0.316 e. The average molecular weight is 535 g/mol. The summed E-state index contributed by atoms with van der Waals surface area (Å²) in [5, 5.41) is 0. The Hall–Kier alpha value is -1.32. The van der Waals surface area contributed by atoms with Gasteiger partial charge in [0.1, 0.15) is 11.7 Å². The van der Waals surface area contributed by atoms with E-state index in [-0.39, 0.29) is 35.0 Å². The van der Waals surface area contributed by atoms with Crippen LogP contribution in [0, 0.1) is 75.9 Å². The van der Waals surface area contributed by atoms with Crippen molar-refractivity contribution in [1.82, 2.24) is 0 Å². The van der Waals surface area contributed by atoms with E-state index in [9.17, 15) is 9.59 Å². The first kappa shape index (κ1) is 25.4. The molecule has 0 aromatic rings. The lowest BCUT2D eigenvalue weighted by atomic mass is 9.49. The molecular formula is C35H50O4. The van der Waals surface area contributed by atoms with Crippen molar-refractivity contribution in [3.8, 4) is 0 Å². The van der Waals surface area contributed by atoms with Crippen LogP contribution < -0.4 is 0 Å². The number of carbonyl (C=O) groups excluding carboxylic acids is 2. The summed E-state index contributed by atoms with van der Waals surface area (Å²) in [5.41, 5.74) is 0.491. The van der Waals surface area contributed by atoms with Gasteiger partial charge < -0.3 is 9.47 Å². The van der Waals surface area contributed by atoms with Crippen LogP contribution in [0.2, 0.25) is 0 Å². The molecule has 214 valence electrons. The molecule has 0 spiro atoms. The molecule has 0 heterocycles. The number of hydrogen-bond donors (Lipinski definition) is 0. The first-order valence-electron chi connectivity index (χ1n) is 16.6. The lowest BCUT2D eigenvalue weighted by Gasteiger charge is -2.60. The van der Waals surface area contributed by atoms with Gasteiger partial charge in [0, 0.05) is 0 Å². The number of rotatable bonds is 6. The van der Waals surface area contributed by atoms with E-state index in [0.717, 1.165) is 55.4 Å². The molecule has 9 aliphatic rings.